The zero-order valence-corrected chi connectivity index (χ0v) is 13.9. The highest BCUT2D eigenvalue weighted by Crippen LogP contribution is 2.58. The third-order valence-corrected chi connectivity index (χ3v) is 6.07. The molecule has 25 heavy (non-hydrogen) atoms. The average molecular weight is 367 g/mol. The first-order chi connectivity index (χ1) is 11.4. The molecular formula is C17H19F6NO. The zero-order chi connectivity index (χ0) is 18.8. The summed E-state index contributed by atoms with van der Waals surface area (Å²) in [4.78, 5) is 13.5. The molecule has 2 nitrogen and oxygen atoms in total. The van der Waals surface area contributed by atoms with Crippen molar-refractivity contribution in [2.75, 3.05) is 7.05 Å². The molecule has 0 aromatic heterocycles. The van der Waals surface area contributed by atoms with E-state index < -0.39 is 41.3 Å². The third kappa shape index (κ3) is 2.77. The second-order valence-corrected chi connectivity index (χ2v) is 7.32. The Balaban J connectivity index is 2.07. The maximum absolute atomic E-state index is 13.5. The highest BCUT2D eigenvalue weighted by atomic mass is 19.4. The number of carbonyl (C=O) groups excluding carboxylic acids is 1. The number of carbonyl (C=O) groups is 1. The number of nitrogens with zero attached hydrogens (tertiary/aromatic N) is 1. The lowest BCUT2D eigenvalue weighted by atomic mass is 9.56. The Bertz CT molecular complexity index is 659. The Hall–Kier alpha value is -1.47. The van der Waals surface area contributed by atoms with Gasteiger partial charge in [0.05, 0.1) is 0 Å². The quantitative estimate of drug-likeness (QED) is 0.446. The minimum Gasteiger partial charge on any atom is -0.342 e. The predicted molar refractivity (Wildman–Crippen MR) is 78.5 cm³/mol. The van der Waals surface area contributed by atoms with Gasteiger partial charge in [-0.05, 0) is 25.7 Å². The van der Waals surface area contributed by atoms with Gasteiger partial charge in [0.1, 0.15) is 0 Å². The van der Waals surface area contributed by atoms with E-state index in [1.54, 1.807) is 18.9 Å². The van der Waals surface area contributed by atoms with E-state index in [1.165, 1.54) is 6.08 Å². The Labute approximate surface area is 141 Å². The molecule has 3 atom stereocenters. The van der Waals surface area contributed by atoms with E-state index in [0.717, 1.165) is 0 Å². The number of alkyl halides is 6. The van der Waals surface area contributed by atoms with Gasteiger partial charge in [0.25, 0.3) is 0 Å². The van der Waals surface area contributed by atoms with Gasteiger partial charge >= 0.3 is 12.4 Å². The summed E-state index contributed by atoms with van der Waals surface area (Å²) in [7, 11) is 1.62. The Morgan fingerprint density at radius 1 is 1.12 bits per heavy atom. The molecule has 0 aromatic carbocycles. The van der Waals surface area contributed by atoms with Gasteiger partial charge in [-0.25, -0.2) is 0 Å². The van der Waals surface area contributed by atoms with E-state index in [9.17, 15) is 31.1 Å². The number of rotatable bonds is 0. The van der Waals surface area contributed by atoms with Crippen LogP contribution in [0, 0.1) is 11.3 Å². The molecule has 1 heterocycles. The number of piperidine rings is 1. The maximum atomic E-state index is 13.5. The predicted octanol–water partition coefficient (Wildman–Crippen LogP) is 4.77. The van der Waals surface area contributed by atoms with Crippen molar-refractivity contribution in [1.29, 1.82) is 0 Å². The fraction of sp³-hybridized carbons (Fsp3) is 0.706. The second kappa shape index (κ2) is 5.51. The van der Waals surface area contributed by atoms with Crippen molar-refractivity contribution in [2.24, 2.45) is 11.3 Å². The van der Waals surface area contributed by atoms with E-state index >= 15 is 0 Å². The van der Waals surface area contributed by atoms with Crippen molar-refractivity contribution in [3.05, 3.63) is 22.8 Å². The van der Waals surface area contributed by atoms with Gasteiger partial charge in [-0.2, -0.15) is 26.3 Å². The Morgan fingerprint density at radius 3 is 2.32 bits per heavy atom. The molecule has 1 saturated heterocycles. The van der Waals surface area contributed by atoms with Gasteiger partial charge in [-0.15, -0.1) is 0 Å². The molecule has 2 unspecified atom stereocenters. The van der Waals surface area contributed by atoms with Gasteiger partial charge in [0.2, 0.25) is 5.91 Å². The van der Waals surface area contributed by atoms with E-state index in [2.05, 4.69) is 0 Å². The minimum atomic E-state index is -5.02. The lowest BCUT2D eigenvalue weighted by Gasteiger charge is -2.54. The lowest BCUT2D eigenvalue weighted by molar-refractivity contribution is -0.142. The Morgan fingerprint density at radius 2 is 1.76 bits per heavy atom. The number of amides is 1. The van der Waals surface area contributed by atoms with Crippen LogP contribution in [-0.4, -0.2) is 36.2 Å². The van der Waals surface area contributed by atoms with Gasteiger partial charge in [-0.1, -0.05) is 18.6 Å². The molecule has 1 amide bonds. The molecular weight excluding hydrogens is 348 g/mol. The zero-order valence-electron chi connectivity index (χ0n) is 13.9. The molecule has 0 radical (unpaired) electrons. The normalized spacial score (nSPS) is 33.8. The molecule has 2 aliphatic carbocycles. The van der Waals surface area contributed by atoms with Crippen LogP contribution in [0.15, 0.2) is 22.8 Å². The molecule has 0 N–H and O–H groups in total. The molecule has 1 saturated carbocycles. The minimum absolute atomic E-state index is 0.0296. The summed E-state index contributed by atoms with van der Waals surface area (Å²) in [6, 6.07) is -0.266. The highest BCUT2D eigenvalue weighted by molar-refractivity contribution is 5.77. The first kappa shape index (κ1) is 18.3. The molecule has 3 aliphatic rings. The van der Waals surface area contributed by atoms with Gasteiger partial charge in [-0.3, -0.25) is 4.79 Å². The number of likely N-dealkylation sites (tertiary alicyclic amines) is 1. The van der Waals surface area contributed by atoms with Crippen LogP contribution < -0.4 is 0 Å². The fourth-order valence-corrected chi connectivity index (χ4v) is 4.88. The van der Waals surface area contributed by atoms with Crippen LogP contribution in [0.3, 0.4) is 0 Å². The third-order valence-electron chi connectivity index (χ3n) is 6.07. The maximum Gasteiger partial charge on any atom is 0.413 e. The van der Waals surface area contributed by atoms with Crippen LogP contribution in [0.2, 0.25) is 0 Å². The van der Waals surface area contributed by atoms with Crippen LogP contribution in [0.5, 0.6) is 0 Å². The van der Waals surface area contributed by atoms with Crippen molar-refractivity contribution in [2.45, 2.75) is 57.4 Å². The fourth-order valence-electron chi connectivity index (χ4n) is 4.88. The average Bonchev–Trinajstić information content (AvgIpc) is 2.48. The molecule has 0 aromatic rings. The van der Waals surface area contributed by atoms with Gasteiger partial charge < -0.3 is 4.90 Å². The summed E-state index contributed by atoms with van der Waals surface area (Å²) in [6.07, 6.45) is -8.63. The summed E-state index contributed by atoms with van der Waals surface area (Å²) in [5.41, 5.74) is -3.20. The number of halogens is 6. The van der Waals surface area contributed by atoms with Crippen molar-refractivity contribution in [3.63, 3.8) is 0 Å². The van der Waals surface area contributed by atoms with Crippen LogP contribution in [-0.2, 0) is 4.79 Å². The molecule has 0 spiro atoms. The number of allylic oxidation sites excluding steroid dienone is 3. The summed E-state index contributed by atoms with van der Waals surface area (Å²) in [6.45, 7) is 1.78. The Kier molecular flexibility index (Phi) is 4.04. The molecule has 2 fully saturated rings. The summed E-state index contributed by atoms with van der Waals surface area (Å²) < 4.78 is 80.1. The SMILES string of the molecule is CN1C(=O)CC[C@]2(C)C3=CCC(C(F)(F)F)=C(C(F)(F)F)C3CCC12. The smallest absolute Gasteiger partial charge is 0.342 e. The van der Waals surface area contributed by atoms with Crippen LogP contribution in [0.4, 0.5) is 26.3 Å². The lowest BCUT2D eigenvalue weighted by Crippen LogP contribution is -2.56. The molecule has 140 valence electrons. The first-order valence-corrected chi connectivity index (χ1v) is 8.21. The van der Waals surface area contributed by atoms with Crippen molar-refractivity contribution in [1.82, 2.24) is 4.90 Å². The molecule has 0 bridgehead atoms. The number of hydrogen-bond donors (Lipinski definition) is 0. The van der Waals surface area contributed by atoms with Crippen LogP contribution >= 0.6 is 0 Å². The van der Waals surface area contributed by atoms with Gasteiger partial charge in [0, 0.05) is 42.0 Å². The van der Waals surface area contributed by atoms with E-state index in [1.807, 2.05) is 0 Å². The summed E-state index contributed by atoms with van der Waals surface area (Å²) in [5.74, 6) is -1.34. The van der Waals surface area contributed by atoms with Gasteiger partial charge in [0.15, 0.2) is 0 Å². The van der Waals surface area contributed by atoms with Crippen molar-refractivity contribution in [3.8, 4) is 0 Å². The summed E-state index contributed by atoms with van der Waals surface area (Å²) in [5, 5.41) is 0. The topological polar surface area (TPSA) is 20.3 Å². The standard InChI is InChI=1S/C17H19F6NO/c1-15-8-7-13(25)24(2)12(15)6-3-9-10(15)4-5-11(16(18,19)20)14(9)17(21,22)23/h4,9,12H,3,5-8H2,1-2H3/t9?,12?,15-/m1/s1. The largest absolute Gasteiger partial charge is 0.413 e. The highest BCUT2D eigenvalue weighted by Gasteiger charge is 2.57. The van der Waals surface area contributed by atoms with Crippen molar-refractivity contribution >= 4 is 5.91 Å². The monoisotopic (exact) mass is 367 g/mol. The molecule has 8 heteroatoms. The van der Waals surface area contributed by atoms with E-state index in [0.29, 0.717) is 12.0 Å². The molecule has 3 rings (SSSR count). The second-order valence-electron chi connectivity index (χ2n) is 7.32. The number of hydrogen-bond acceptors (Lipinski definition) is 1. The summed E-state index contributed by atoms with van der Waals surface area (Å²) >= 11 is 0. The number of fused-ring (bicyclic) bond motifs is 3. The van der Waals surface area contributed by atoms with E-state index in [-0.39, 0.29) is 31.2 Å². The molecule has 1 aliphatic heterocycles. The van der Waals surface area contributed by atoms with Crippen LogP contribution in [0.1, 0.15) is 39.0 Å². The van der Waals surface area contributed by atoms with Crippen molar-refractivity contribution < 1.29 is 31.1 Å². The first-order valence-electron chi connectivity index (χ1n) is 8.21. The van der Waals surface area contributed by atoms with Crippen LogP contribution in [0.25, 0.3) is 0 Å². The van der Waals surface area contributed by atoms with E-state index in [4.69, 9.17) is 0 Å².